The van der Waals surface area contributed by atoms with Crippen molar-refractivity contribution in [3.63, 3.8) is 0 Å². The third kappa shape index (κ3) is 4.67. The van der Waals surface area contributed by atoms with Gasteiger partial charge in [0.25, 0.3) is 0 Å². The Morgan fingerprint density at radius 1 is 1.24 bits per heavy atom. The van der Waals surface area contributed by atoms with Crippen LogP contribution in [-0.2, 0) is 24.3 Å². The number of imidazole rings is 1. The summed E-state index contributed by atoms with van der Waals surface area (Å²) in [6.07, 6.45) is 8.41. The normalized spacial score (nSPS) is 15.8. The number of likely N-dealkylation sites (tertiary alicyclic amines) is 1. The molecule has 4 rings (SSSR count). The van der Waals surface area contributed by atoms with E-state index in [0.717, 1.165) is 68.2 Å². The smallest absolute Gasteiger partial charge is 0.226 e. The number of fused-ring (bicyclic) bond motifs is 1. The predicted octanol–water partition coefficient (Wildman–Crippen LogP) is 2.43. The fourth-order valence-electron chi connectivity index (χ4n) is 4.06. The summed E-state index contributed by atoms with van der Waals surface area (Å²) in [6, 6.07) is 6.14. The van der Waals surface area contributed by atoms with Gasteiger partial charge in [-0.2, -0.15) is 5.10 Å². The number of amides is 1. The van der Waals surface area contributed by atoms with Crippen LogP contribution in [0.1, 0.15) is 36.7 Å². The lowest BCUT2D eigenvalue weighted by Gasteiger charge is -2.31. The van der Waals surface area contributed by atoms with E-state index in [1.54, 1.807) is 6.20 Å². The molecule has 7 nitrogen and oxygen atoms in total. The summed E-state index contributed by atoms with van der Waals surface area (Å²) < 4.78 is 3.98. The number of aromatic nitrogens is 4. The Morgan fingerprint density at radius 3 is 2.83 bits per heavy atom. The molecule has 29 heavy (non-hydrogen) atoms. The van der Waals surface area contributed by atoms with Crippen LogP contribution in [0.5, 0.6) is 0 Å². The fourth-order valence-corrected chi connectivity index (χ4v) is 4.06. The van der Waals surface area contributed by atoms with E-state index in [2.05, 4.69) is 33.3 Å². The molecule has 1 aliphatic heterocycles. The molecule has 7 heteroatoms. The average Bonchev–Trinajstić information content (AvgIpc) is 3.35. The van der Waals surface area contributed by atoms with Crippen molar-refractivity contribution in [2.45, 2.75) is 46.2 Å². The third-order valence-corrected chi connectivity index (χ3v) is 5.85. The van der Waals surface area contributed by atoms with Crippen LogP contribution >= 0.6 is 0 Å². The first kappa shape index (κ1) is 19.6. The van der Waals surface area contributed by atoms with E-state index >= 15 is 0 Å². The van der Waals surface area contributed by atoms with Gasteiger partial charge in [-0.05, 0) is 63.4 Å². The summed E-state index contributed by atoms with van der Waals surface area (Å²) in [6.45, 7) is 8.85. The average molecular weight is 395 g/mol. The maximum absolute atomic E-state index is 12.4. The lowest BCUT2D eigenvalue weighted by Crippen LogP contribution is -2.38. The Bertz CT molecular complexity index is 967. The number of pyridine rings is 1. The summed E-state index contributed by atoms with van der Waals surface area (Å²) in [4.78, 5) is 19.3. The van der Waals surface area contributed by atoms with Crippen LogP contribution in [-0.4, -0.2) is 49.6 Å². The van der Waals surface area contributed by atoms with Crippen molar-refractivity contribution in [2.75, 3.05) is 19.6 Å². The molecule has 1 aliphatic rings. The van der Waals surface area contributed by atoms with E-state index in [-0.39, 0.29) is 5.91 Å². The first-order valence-electron chi connectivity index (χ1n) is 10.6. The first-order valence-corrected chi connectivity index (χ1v) is 10.6. The molecule has 1 amide bonds. The molecule has 3 aromatic rings. The summed E-state index contributed by atoms with van der Waals surface area (Å²) >= 11 is 0. The lowest BCUT2D eigenvalue weighted by molar-refractivity contribution is -0.120. The maximum atomic E-state index is 12.4. The van der Waals surface area contributed by atoms with Crippen molar-refractivity contribution in [2.24, 2.45) is 5.92 Å². The molecule has 0 aliphatic carbocycles. The van der Waals surface area contributed by atoms with Gasteiger partial charge in [0, 0.05) is 38.2 Å². The molecule has 0 unspecified atom stereocenters. The second kappa shape index (κ2) is 8.78. The molecule has 1 fully saturated rings. The number of piperidine rings is 1. The van der Waals surface area contributed by atoms with Crippen molar-refractivity contribution < 1.29 is 4.79 Å². The molecule has 0 aromatic carbocycles. The van der Waals surface area contributed by atoms with Crippen LogP contribution in [0.3, 0.4) is 0 Å². The summed E-state index contributed by atoms with van der Waals surface area (Å²) in [5, 5.41) is 7.71. The Morgan fingerprint density at radius 2 is 2.07 bits per heavy atom. The van der Waals surface area contributed by atoms with E-state index < -0.39 is 0 Å². The molecule has 0 radical (unpaired) electrons. The Labute approximate surface area is 171 Å². The zero-order chi connectivity index (χ0) is 20.2. The summed E-state index contributed by atoms with van der Waals surface area (Å²) in [7, 11) is 0. The summed E-state index contributed by atoms with van der Waals surface area (Å²) in [5.41, 5.74) is 4.11. The molecular formula is C22H30N6O. The molecule has 0 bridgehead atoms. The minimum Gasteiger partial charge on any atom is -0.355 e. The van der Waals surface area contributed by atoms with Crippen molar-refractivity contribution in [3.8, 4) is 0 Å². The van der Waals surface area contributed by atoms with Crippen molar-refractivity contribution >= 4 is 11.6 Å². The zero-order valence-electron chi connectivity index (χ0n) is 17.3. The molecule has 1 saturated heterocycles. The molecule has 3 aromatic heterocycles. The highest BCUT2D eigenvalue weighted by Crippen LogP contribution is 2.18. The molecule has 0 spiro atoms. The van der Waals surface area contributed by atoms with Crippen LogP contribution in [0.15, 0.2) is 36.8 Å². The van der Waals surface area contributed by atoms with Crippen LogP contribution in [0.4, 0.5) is 0 Å². The largest absolute Gasteiger partial charge is 0.355 e. The molecule has 154 valence electrons. The minimum atomic E-state index is 0.0702. The number of hydrogen-bond acceptors (Lipinski definition) is 4. The van der Waals surface area contributed by atoms with Crippen LogP contribution in [0.2, 0.25) is 0 Å². The van der Waals surface area contributed by atoms with Crippen LogP contribution in [0.25, 0.3) is 5.65 Å². The number of carbonyl (C=O) groups excluding carboxylic acids is 1. The second-order valence-corrected chi connectivity index (χ2v) is 8.00. The Hall–Kier alpha value is -2.67. The molecule has 4 heterocycles. The minimum absolute atomic E-state index is 0.0702. The van der Waals surface area contributed by atoms with Gasteiger partial charge in [-0.3, -0.25) is 14.4 Å². The highest BCUT2D eigenvalue weighted by atomic mass is 16.1. The number of carbonyl (C=O) groups is 1. The molecule has 0 atom stereocenters. The van der Waals surface area contributed by atoms with Gasteiger partial charge < -0.3 is 9.72 Å². The summed E-state index contributed by atoms with van der Waals surface area (Å²) in [5.74, 6) is 0.619. The third-order valence-electron chi connectivity index (χ3n) is 5.85. The van der Waals surface area contributed by atoms with Crippen molar-refractivity contribution in [3.05, 3.63) is 53.7 Å². The predicted molar refractivity (Wildman–Crippen MR) is 113 cm³/mol. The molecule has 1 N–H and O–H groups in total. The van der Waals surface area contributed by atoms with E-state index in [0.29, 0.717) is 12.3 Å². The number of hydrogen-bond donors (Lipinski definition) is 1. The molecule has 0 saturated carbocycles. The lowest BCUT2D eigenvalue weighted by atomic mass is 9.96. The van der Waals surface area contributed by atoms with Gasteiger partial charge in [0.05, 0.1) is 17.8 Å². The van der Waals surface area contributed by atoms with Gasteiger partial charge >= 0.3 is 0 Å². The number of rotatable bonds is 7. The van der Waals surface area contributed by atoms with Gasteiger partial charge in [-0.25, -0.2) is 4.98 Å². The monoisotopic (exact) mass is 394 g/mol. The van der Waals surface area contributed by atoms with E-state index in [1.807, 2.05) is 40.5 Å². The van der Waals surface area contributed by atoms with E-state index in [1.165, 1.54) is 0 Å². The second-order valence-electron chi connectivity index (χ2n) is 8.00. The van der Waals surface area contributed by atoms with Gasteiger partial charge in [0.1, 0.15) is 5.65 Å². The Kier molecular flexibility index (Phi) is 5.94. The standard InChI is InChI=1S/C22H30N6O/c1-3-27-12-8-19(25-27)16-26-10-6-18(7-11-26)14-23-21(29)13-20-15-24-22-17(2)5-4-9-28(20)22/h4-5,8-9,12,15,18H,3,6-7,10-11,13-14,16H2,1-2H3,(H,23,29). The quantitative estimate of drug-likeness (QED) is 0.668. The van der Waals surface area contributed by atoms with E-state index in [4.69, 9.17) is 0 Å². The van der Waals surface area contributed by atoms with Crippen molar-refractivity contribution in [1.82, 2.24) is 29.4 Å². The van der Waals surface area contributed by atoms with Gasteiger partial charge in [-0.1, -0.05) is 6.07 Å². The zero-order valence-corrected chi connectivity index (χ0v) is 17.3. The van der Waals surface area contributed by atoms with Crippen LogP contribution < -0.4 is 5.32 Å². The number of aryl methyl sites for hydroxylation is 2. The Balaban J connectivity index is 1.21. The molecular weight excluding hydrogens is 364 g/mol. The fraction of sp³-hybridized carbons (Fsp3) is 0.500. The van der Waals surface area contributed by atoms with Gasteiger partial charge in [-0.15, -0.1) is 0 Å². The van der Waals surface area contributed by atoms with E-state index in [9.17, 15) is 4.79 Å². The maximum Gasteiger partial charge on any atom is 0.226 e. The topological polar surface area (TPSA) is 67.5 Å². The number of nitrogens with one attached hydrogen (secondary N) is 1. The SMILES string of the molecule is CCn1ccc(CN2CCC(CNC(=O)Cc3cnc4c(C)cccn34)CC2)n1. The van der Waals surface area contributed by atoms with Gasteiger partial charge in [0.15, 0.2) is 0 Å². The highest BCUT2D eigenvalue weighted by molar-refractivity contribution is 5.78. The number of nitrogens with zero attached hydrogens (tertiary/aromatic N) is 5. The first-order chi connectivity index (χ1) is 14.1. The highest BCUT2D eigenvalue weighted by Gasteiger charge is 2.20. The van der Waals surface area contributed by atoms with Crippen molar-refractivity contribution in [1.29, 1.82) is 0 Å². The van der Waals surface area contributed by atoms with Crippen LogP contribution in [0, 0.1) is 12.8 Å². The van der Waals surface area contributed by atoms with Gasteiger partial charge in [0.2, 0.25) is 5.91 Å².